The van der Waals surface area contributed by atoms with Crippen molar-refractivity contribution in [3.05, 3.63) is 63.4 Å². The number of hydrogen-bond donors (Lipinski definition) is 1. The van der Waals surface area contributed by atoms with E-state index in [1.54, 1.807) is 11.3 Å². The Kier molecular flexibility index (Phi) is 5.65. The second-order valence-electron chi connectivity index (χ2n) is 7.54. The number of carbonyl (C=O) groups excluding carboxylic acids is 2. The molecule has 0 spiro atoms. The van der Waals surface area contributed by atoms with E-state index in [1.165, 1.54) is 11.3 Å². The minimum Gasteiger partial charge on any atom is -0.342 e. The minimum atomic E-state index is -0.312. The Morgan fingerprint density at radius 1 is 1.06 bits per heavy atom. The number of nitrogens with one attached hydrogen (secondary N) is 1. The van der Waals surface area contributed by atoms with E-state index in [1.807, 2.05) is 47.4 Å². The maximum Gasteiger partial charge on any atom is 0.263 e. The number of para-hydroxylation sites is 1. The zero-order valence-corrected chi connectivity index (χ0v) is 19.0. The van der Waals surface area contributed by atoms with Crippen molar-refractivity contribution < 1.29 is 9.59 Å². The molecule has 4 aromatic rings. The second-order valence-corrected chi connectivity index (χ2v) is 10.0. The van der Waals surface area contributed by atoms with Gasteiger partial charge < -0.3 is 10.2 Å². The Hall–Kier alpha value is -2.48. The van der Waals surface area contributed by atoms with Gasteiger partial charge in [0, 0.05) is 16.6 Å². The molecule has 0 saturated carbocycles. The molecule has 1 aliphatic rings. The standard InChI is InChI=1S/C23H20ClN3O2S2/c24-20-14-7-1-3-10-17(14)30-21(20)22(29)25-13-19(28)27-12-6-5-9-16(27)23-26-15-8-2-4-11-18(15)31-23/h1-4,7-8,10-11,16H,5-6,9,12-13H2,(H,25,29)/t16-/m0/s1. The van der Waals surface area contributed by atoms with Crippen molar-refractivity contribution in [2.75, 3.05) is 13.1 Å². The number of nitrogens with zero attached hydrogens (tertiary/aromatic N) is 2. The third-order valence-electron chi connectivity index (χ3n) is 5.56. The Bertz CT molecular complexity index is 1250. The van der Waals surface area contributed by atoms with E-state index in [2.05, 4.69) is 11.4 Å². The summed E-state index contributed by atoms with van der Waals surface area (Å²) in [6.45, 7) is 0.629. The first-order chi connectivity index (χ1) is 15.1. The molecule has 1 aliphatic heterocycles. The molecule has 0 unspecified atom stereocenters. The monoisotopic (exact) mass is 469 g/mol. The summed E-state index contributed by atoms with van der Waals surface area (Å²) in [5.41, 5.74) is 0.966. The number of rotatable bonds is 4. The highest BCUT2D eigenvalue weighted by Crippen LogP contribution is 2.36. The number of benzene rings is 2. The Morgan fingerprint density at radius 2 is 1.84 bits per heavy atom. The highest BCUT2D eigenvalue weighted by Gasteiger charge is 2.30. The Balaban J connectivity index is 1.31. The third-order valence-corrected chi connectivity index (χ3v) is 8.37. The molecule has 2 amide bonds. The van der Waals surface area contributed by atoms with Crippen LogP contribution < -0.4 is 5.32 Å². The van der Waals surface area contributed by atoms with Gasteiger partial charge in [0.2, 0.25) is 5.91 Å². The van der Waals surface area contributed by atoms with Gasteiger partial charge in [0.1, 0.15) is 9.88 Å². The average molecular weight is 470 g/mol. The van der Waals surface area contributed by atoms with Crippen molar-refractivity contribution in [1.29, 1.82) is 0 Å². The number of likely N-dealkylation sites (tertiary alicyclic amines) is 1. The summed E-state index contributed by atoms with van der Waals surface area (Å²) in [7, 11) is 0. The van der Waals surface area contributed by atoms with Crippen LogP contribution >= 0.6 is 34.3 Å². The summed E-state index contributed by atoms with van der Waals surface area (Å²) < 4.78 is 2.08. The zero-order chi connectivity index (χ0) is 21.4. The number of fused-ring (bicyclic) bond motifs is 2. The predicted octanol–water partition coefficient (Wildman–Crippen LogP) is 5.65. The van der Waals surface area contributed by atoms with Gasteiger partial charge >= 0.3 is 0 Å². The molecule has 5 rings (SSSR count). The number of aromatic nitrogens is 1. The van der Waals surface area contributed by atoms with E-state index in [0.717, 1.165) is 44.6 Å². The number of carbonyl (C=O) groups is 2. The molecule has 1 saturated heterocycles. The summed E-state index contributed by atoms with van der Waals surface area (Å²) >= 11 is 9.39. The first-order valence-electron chi connectivity index (χ1n) is 10.2. The first-order valence-corrected chi connectivity index (χ1v) is 12.2. The van der Waals surface area contributed by atoms with Gasteiger partial charge in [-0.1, -0.05) is 41.9 Å². The zero-order valence-electron chi connectivity index (χ0n) is 16.6. The van der Waals surface area contributed by atoms with Gasteiger partial charge in [-0.05, 0) is 37.5 Å². The van der Waals surface area contributed by atoms with E-state index in [9.17, 15) is 9.59 Å². The molecule has 0 radical (unpaired) electrons. The van der Waals surface area contributed by atoms with Crippen LogP contribution in [0.5, 0.6) is 0 Å². The second kappa shape index (κ2) is 8.57. The fraction of sp³-hybridized carbons (Fsp3) is 0.261. The van der Waals surface area contributed by atoms with E-state index < -0.39 is 0 Å². The number of piperidine rings is 1. The van der Waals surface area contributed by atoms with Crippen molar-refractivity contribution in [3.63, 3.8) is 0 Å². The fourth-order valence-corrected chi connectivity index (χ4v) is 6.57. The highest BCUT2D eigenvalue weighted by molar-refractivity contribution is 7.21. The maximum atomic E-state index is 13.0. The van der Waals surface area contributed by atoms with Gasteiger partial charge in [-0.15, -0.1) is 22.7 Å². The minimum absolute atomic E-state index is 0.0385. The van der Waals surface area contributed by atoms with Crippen LogP contribution in [0.25, 0.3) is 20.3 Å². The van der Waals surface area contributed by atoms with Crippen LogP contribution in [-0.4, -0.2) is 34.8 Å². The number of thiazole rings is 1. The van der Waals surface area contributed by atoms with Crippen LogP contribution in [0.15, 0.2) is 48.5 Å². The Morgan fingerprint density at radius 3 is 2.65 bits per heavy atom. The lowest BCUT2D eigenvalue weighted by Gasteiger charge is -2.34. The maximum absolute atomic E-state index is 13.0. The van der Waals surface area contributed by atoms with E-state index in [-0.39, 0.29) is 24.4 Å². The van der Waals surface area contributed by atoms with Crippen molar-refractivity contribution >= 4 is 66.4 Å². The molecule has 2 aromatic heterocycles. The molecule has 158 valence electrons. The van der Waals surface area contributed by atoms with Crippen LogP contribution in [0.2, 0.25) is 5.02 Å². The Labute approximate surface area is 192 Å². The molecule has 31 heavy (non-hydrogen) atoms. The smallest absolute Gasteiger partial charge is 0.263 e. The number of hydrogen-bond acceptors (Lipinski definition) is 5. The topological polar surface area (TPSA) is 62.3 Å². The van der Waals surface area contributed by atoms with Gasteiger partial charge in [-0.3, -0.25) is 9.59 Å². The van der Waals surface area contributed by atoms with Gasteiger partial charge in [-0.2, -0.15) is 0 Å². The summed E-state index contributed by atoms with van der Waals surface area (Å²) in [4.78, 5) is 32.9. The fourth-order valence-electron chi connectivity index (χ4n) is 4.02. The molecule has 1 N–H and O–H groups in total. The summed E-state index contributed by atoms with van der Waals surface area (Å²) in [5.74, 6) is -0.400. The highest BCUT2D eigenvalue weighted by atomic mass is 35.5. The van der Waals surface area contributed by atoms with Crippen LogP contribution in [0.4, 0.5) is 0 Å². The molecule has 1 atom stereocenters. The predicted molar refractivity (Wildman–Crippen MR) is 127 cm³/mol. The number of thiophene rings is 1. The molecule has 0 bridgehead atoms. The molecule has 3 heterocycles. The molecular formula is C23H20ClN3O2S2. The normalized spacial score (nSPS) is 16.7. The van der Waals surface area contributed by atoms with Gasteiger partial charge in [0.05, 0.1) is 27.8 Å². The molecule has 1 fully saturated rings. The van der Waals surface area contributed by atoms with E-state index >= 15 is 0 Å². The van der Waals surface area contributed by atoms with Crippen molar-refractivity contribution in [2.45, 2.75) is 25.3 Å². The number of halogens is 1. The van der Waals surface area contributed by atoms with Gasteiger partial charge in [-0.25, -0.2) is 4.98 Å². The van der Waals surface area contributed by atoms with Crippen LogP contribution in [0.1, 0.15) is 40.0 Å². The van der Waals surface area contributed by atoms with Gasteiger partial charge in [0.25, 0.3) is 5.91 Å². The molecular weight excluding hydrogens is 450 g/mol. The van der Waals surface area contributed by atoms with E-state index in [4.69, 9.17) is 16.6 Å². The van der Waals surface area contributed by atoms with Crippen LogP contribution in [0.3, 0.4) is 0 Å². The number of amides is 2. The van der Waals surface area contributed by atoms with Crippen LogP contribution in [-0.2, 0) is 4.79 Å². The first kappa shape index (κ1) is 20.4. The SMILES string of the molecule is O=C(NCC(=O)N1CCCC[C@H]1c1nc2ccccc2s1)c1sc2ccccc2c1Cl. The third kappa shape index (κ3) is 3.93. The molecule has 5 nitrogen and oxygen atoms in total. The largest absolute Gasteiger partial charge is 0.342 e. The summed E-state index contributed by atoms with van der Waals surface area (Å²) in [6, 6.07) is 15.6. The summed E-state index contributed by atoms with van der Waals surface area (Å²) in [5, 5.41) is 5.04. The molecule has 2 aromatic carbocycles. The lowest BCUT2D eigenvalue weighted by atomic mass is 10.0. The molecule has 8 heteroatoms. The van der Waals surface area contributed by atoms with Crippen molar-refractivity contribution in [3.8, 4) is 0 Å². The quantitative estimate of drug-likeness (QED) is 0.420. The lowest BCUT2D eigenvalue weighted by Crippen LogP contribution is -2.44. The van der Waals surface area contributed by atoms with Crippen molar-refractivity contribution in [1.82, 2.24) is 15.2 Å². The van der Waals surface area contributed by atoms with Gasteiger partial charge in [0.15, 0.2) is 0 Å². The molecule has 0 aliphatic carbocycles. The summed E-state index contributed by atoms with van der Waals surface area (Å²) in [6.07, 6.45) is 2.92. The van der Waals surface area contributed by atoms with Crippen molar-refractivity contribution in [2.24, 2.45) is 0 Å². The average Bonchev–Trinajstić information content (AvgIpc) is 3.39. The lowest BCUT2D eigenvalue weighted by molar-refractivity contribution is -0.133. The van der Waals surface area contributed by atoms with Crippen LogP contribution in [0, 0.1) is 0 Å². The van der Waals surface area contributed by atoms with E-state index in [0.29, 0.717) is 16.4 Å².